The third kappa shape index (κ3) is 4.60. The molecule has 35 heavy (non-hydrogen) atoms. The number of aliphatic hydroxyl groups excluding tert-OH is 1. The van der Waals surface area contributed by atoms with Crippen LogP contribution in [0.15, 0.2) is 54.1 Å². The average molecular weight is 491 g/mol. The lowest BCUT2D eigenvalue weighted by Crippen LogP contribution is -2.29. The van der Waals surface area contributed by atoms with E-state index in [-0.39, 0.29) is 16.7 Å². The molecule has 1 saturated heterocycles. The Labute approximate surface area is 209 Å². The second-order valence-corrected chi connectivity index (χ2v) is 10.8. The van der Waals surface area contributed by atoms with Gasteiger partial charge in [0.05, 0.1) is 23.9 Å². The molecule has 0 spiro atoms. The first kappa shape index (κ1) is 24.7. The zero-order chi connectivity index (χ0) is 25.5. The summed E-state index contributed by atoms with van der Waals surface area (Å²) in [6.07, 6.45) is 0. The Morgan fingerprint density at radius 2 is 1.69 bits per heavy atom. The quantitative estimate of drug-likeness (QED) is 0.266. The minimum absolute atomic E-state index is 0.0492. The minimum atomic E-state index is -0.791. The van der Waals surface area contributed by atoms with Gasteiger partial charge in [0, 0.05) is 10.4 Å². The standard InChI is InChI=1S/C28H30N2O4S/c1-7-34-21-14-10-19(11-15-21)24(31)22-23(18-8-12-20(13-9-18)28(4,5)6)30(26(33)25(22)32)27-29-16(2)17(3)35-27/h8-15,23,31H,7H2,1-6H3/b24-22+. The van der Waals surface area contributed by atoms with Gasteiger partial charge in [0.15, 0.2) is 5.13 Å². The molecule has 0 radical (unpaired) electrons. The summed E-state index contributed by atoms with van der Waals surface area (Å²) in [7, 11) is 0. The van der Waals surface area contributed by atoms with E-state index in [2.05, 4.69) is 25.8 Å². The van der Waals surface area contributed by atoms with Crippen LogP contribution >= 0.6 is 11.3 Å². The van der Waals surface area contributed by atoms with E-state index in [4.69, 9.17) is 4.74 Å². The Bertz CT molecular complexity index is 1280. The predicted molar refractivity (Wildman–Crippen MR) is 139 cm³/mol. The lowest BCUT2D eigenvalue weighted by Gasteiger charge is -2.25. The molecule has 7 heteroatoms. The van der Waals surface area contributed by atoms with Crippen molar-refractivity contribution in [1.82, 2.24) is 4.98 Å². The molecule has 1 aliphatic heterocycles. The molecule has 1 aromatic heterocycles. The molecule has 0 aliphatic carbocycles. The number of carbonyl (C=O) groups is 2. The second kappa shape index (κ2) is 9.30. The number of aryl methyl sites for hydroxylation is 2. The largest absolute Gasteiger partial charge is 0.507 e. The predicted octanol–water partition coefficient (Wildman–Crippen LogP) is 6.08. The van der Waals surface area contributed by atoms with Crippen molar-refractivity contribution in [3.63, 3.8) is 0 Å². The van der Waals surface area contributed by atoms with Crippen LogP contribution in [-0.4, -0.2) is 28.4 Å². The molecule has 0 saturated carbocycles. The maximum atomic E-state index is 13.3. The maximum Gasteiger partial charge on any atom is 0.301 e. The highest BCUT2D eigenvalue weighted by molar-refractivity contribution is 7.16. The van der Waals surface area contributed by atoms with Crippen molar-refractivity contribution < 1.29 is 19.4 Å². The van der Waals surface area contributed by atoms with Gasteiger partial charge >= 0.3 is 5.91 Å². The lowest BCUT2D eigenvalue weighted by molar-refractivity contribution is -0.132. The Balaban J connectivity index is 1.88. The van der Waals surface area contributed by atoms with Crippen LogP contribution in [0.3, 0.4) is 0 Å². The highest BCUT2D eigenvalue weighted by Crippen LogP contribution is 2.44. The fourth-order valence-corrected chi connectivity index (χ4v) is 5.04. The Kier molecular flexibility index (Phi) is 6.56. The molecule has 3 aromatic rings. The molecule has 1 aliphatic rings. The van der Waals surface area contributed by atoms with Gasteiger partial charge in [-0.1, -0.05) is 45.0 Å². The minimum Gasteiger partial charge on any atom is -0.507 e. The smallest absolute Gasteiger partial charge is 0.301 e. The molecule has 1 unspecified atom stereocenters. The molecule has 1 N–H and O–H groups in total. The van der Waals surface area contributed by atoms with Gasteiger partial charge in [-0.3, -0.25) is 14.5 Å². The normalized spacial score (nSPS) is 17.8. The SMILES string of the molecule is CCOc1ccc(/C(O)=C2\C(=O)C(=O)N(c3nc(C)c(C)s3)C2c2ccc(C(C)(C)C)cc2)cc1. The van der Waals surface area contributed by atoms with E-state index in [1.54, 1.807) is 24.3 Å². The average Bonchev–Trinajstić information content (AvgIpc) is 3.28. The number of carbonyl (C=O) groups excluding carboxylic acids is 2. The second-order valence-electron chi connectivity index (χ2n) is 9.64. The Morgan fingerprint density at radius 3 is 2.20 bits per heavy atom. The summed E-state index contributed by atoms with van der Waals surface area (Å²) in [5.74, 6) is -0.987. The number of amides is 1. The number of aromatic nitrogens is 1. The van der Waals surface area contributed by atoms with Crippen LogP contribution in [-0.2, 0) is 15.0 Å². The summed E-state index contributed by atoms with van der Waals surface area (Å²) in [5, 5.41) is 11.7. The van der Waals surface area contributed by atoms with Crippen LogP contribution in [0.5, 0.6) is 5.75 Å². The third-order valence-corrected chi connectivity index (χ3v) is 7.27. The number of aliphatic hydroxyl groups is 1. The van der Waals surface area contributed by atoms with Gasteiger partial charge in [0.1, 0.15) is 11.5 Å². The van der Waals surface area contributed by atoms with Crippen molar-refractivity contribution in [3.05, 3.63) is 81.4 Å². The highest BCUT2D eigenvalue weighted by atomic mass is 32.1. The van der Waals surface area contributed by atoms with Crippen molar-refractivity contribution in [1.29, 1.82) is 0 Å². The zero-order valence-corrected chi connectivity index (χ0v) is 21.7. The van der Waals surface area contributed by atoms with Crippen molar-refractivity contribution in [2.24, 2.45) is 0 Å². The van der Waals surface area contributed by atoms with E-state index in [1.807, 2.05) is 45.0 Å². The van der Waals surface area contributed by atoms with Crippen molar-refractivity contribution in [2.45, 2.75) is 53.0 Å². The van der Waals surface area contributed by atoms with E-state index in [9.17, 15) is 14.7 Å². The first-order valence-corrected chi connectivity index (χ1v) is 12.4. The number of anilines is 1. The number of ketones is 1. The van der Waals surface area contributed by atoms with Crippen LogP contribution in [0.4, 0.5) is 5.13 Å². The summed E-state index contributed by atoms with van der Waals surface area (Å²) in [6.45, 7) is 12.6. The number of nitrogens with zero attached hydrogens (tertiary/aromatic N) is 2. The Hall–Kier alpha value is -3.45. The molecule has 182 valence electrons. The molecule has 1 amide bonds. The molecule has 6 nitrogen and oxygen atoms in total. The van der Waals surface area contributed by atoms with E-state index < -0.39 is 17.7 Å². The number of rotatable bonds is 5. The van der Waals surface area contributed by atoms with Gasteiger partial charge in [-0.15, -0.1) is 11.3 Å². The summed E-state index contributed by atoms with van der Waals surface area (Å²) in [4.78, 5) is 33.6. The van der Waals surface area contributed by atoms with Gasteiger partial charge in [0.25, 0.3) is 5.78 Å². The number of hydrogen-bond acceptors (Lipinski definition) is 6. The third-order valence-electron chi connectivity index (χ3n) is 6.20. The topological polar surface area (TPSA) is 79.7 Å². The fourth-order valence-electron chi connectivity index (χ4n) is 4.10. The first-order chi connectivity index (χ1) is 16.5. The molecule has 2 aromatic carbocycles. The number of ether oxygens (including phenoxy) is 1. The maximum absolute atomic E-state index is 13.3. The summed E-state index contributed by atoms with van der Waals surface area (Å²) in [6, 6.07) is 13.9. The van der Waals surface area contributed by atoms with E-state index >= 15 is 0 Å². The van der Waals surface area contributed by atoms with E-state index in [1.165, 1.54) is 16.2 Å². The van der Waals surface area contributed by atoms with E-state index in [0.29, 0.717) is 23.1 Å². The lowest BCUT2D eigenvalue weighted by atomic mass is 9.85. The number of benzene rings is 2. The number of thiazole rings is 1. The van der Waals surface area contributed by atoms with Crippen LogP contribution < -0.4 is 9.64 Å². The van der Waals surface area contributed by atoms with Gasteiger partial charge in [0.2, 0.25) is 0 Å². The fraction of sp³-hybridized carbons (Fsp3) is 0.321. The number of hydrogen-bond donors (Lipinski definition) is 1. The van der Waals surface area contributed by atoms with Gasteiger partial charge < -0.3 is 9.84 Å². The van der Waals surface area contributed by atoms with Crippen LogP contribution in [0.2, 0.25) is 0 Å². The van der Waals surface area contributed by atoms with Crippen molar-refractivity contribution in [2.75, 3.05) is 11.5 Å². The monoisotopic (exact) mass is 490 g/mol. The molecule has 4 rings (SSSR count). The molecular formula is C28H30N2O4S. The highest BCUT2D eigenvalue weighted by Gasteiger charge is 2.48. The Morgan fingerprint density at radius 1 is 1.06 bits per heavy atom. The van der Waals surface area contributed by atoms with E-state index in [0.717, 1.165) is 21.7 Å². The zero-order valence-electron chi connectivity index (χ0n) is 20.9. The molecule has 2 heterocycles. The molecule has 1 fully saturated rings. The summed E-state index contributed by atoms with van der Waals surface area (Å²) in [5.41, 5.74) is 3.11. The van der Waals surface area contributed by atoms with Crippen LogP contribution in [0.1, 0.15) is 61.0 Å². The summed E-state index contributed by atoms with van der Waals surface area (Å²) < 4.78 is 5.49. The molecule has 0 bridgehead atoms. The van der Waals surface area contributed by atoms with Gasteiger partial charge in [-0.05, 0) is 61.6 Å². The molecular weight excluding hydrogens is 460 g/mol. The first-order valence-electron chi connectivity index (χ1n) is 11.6. The molecule has 1 atom stereocenters. The number of Topliss-reactive ketones (excluding diaryl/α,β-unsaturated/α-hetero) is 1. The van der Waals surface area contributed by atoms with Crippen LogP contribution in [0, 0.1) is 13.8 Å². The van der Waals surface area contributed by atoms with Gasteiger partial charge in [-0.25, -0.2) is 4.98 Å². The summed E-state index contributed by atoms with van der Waals surface area (Å²) >= 11 is 1.36. The van der Waals surface area contributed by atoms with Crippen molar-refractivity contribution >= 4 is 33.9 Å². The van der Waals surface area contributed by atoms with Gasteiger partial charge in [-0.2, -0.15) is 0 Å². The van der Waals surface area contributed by atoms with Crippen molar-refractivity contribution in [3.8, 4) is 5.75 Å². The van der Waals surface area contributed by atoms with Crippen LogP contribution in [0.25, 0.3) is 5.76 Å².